The maximum Gasteiger partial charge on any atom is 0.413 e. The summed E-state index contributed by atoms with van der Waals surface area (Å²) >= 11 is 0. The summed E-state index contributed by atoms with van der Waals surface area (Å²) in [5, 5.41) is 28.1. The molecule has 0 saturated heterocycles. The highest BCUT2D eigenvalue weighted by Crippen LogP contribution is 2.30. The number of pyridine rings is 1. The number of carboxylic acid groups (broad SMARTS) is 2. The molecule has 0 unspecified atom stereocenters. The number of carbonyl (C=O) groups excluding carboxylic acids is 2. The van der Waals surface area contributed by atoms with Crippen LogP contribution in [0.2, 0.25) is 0 Å². The molecule has 0 aliphatic carbocycles. The fourth-order valence-corrected chi connectivity index (χ4v) is 4.09. The number of nitrogens with one attached hydrogen (secondary N) is 3. The zero-order chi connectivity index (χ0) is 31.2. The van der Waals surface area contributed by atoms with Gasteiger partial charge >= 0.3 is 24.1 Å². The second-order valence-corrected chi connectivity index (χ2v) is 10.5. The molecule has 0 radical (unpaired) electrons. The van der Waals surface area contributed by atoms with Crippen LogP contribution in [-0.2, 0) is 26.2 Å². The van der Waals surface area contributed by atoms with E-state index < -0.39 is 41.5 Å². The molecule has 0 aliphatic heterocycles. The summed E-state index contributed by atoms with van der Waals surface area (Å²) in [6.45, 7) is 5.13. The van der Waals surface area contributed by atoms with E-state index >= 15 is 0 Å². The van der Waals surface area contributed by atoms with Gasteiger partial charge in [-0.3, -0.25) is 14.9 Å². The van der Waals surface area contributed by atoms with Crippen LogP contribution in [-0.4, -0.2) is 54.4 Å². The molecule has 0 atom stereocenters. The Labute approximate surface area is 246 Å². The summed E-state index contributed by atoms with van der Waals surface area (Å²) in [5.41, 5.74) is -1.37. The van der Waals surface area contributed by atoms with Crippen LogP contribution in [0, 0.1) is 0 Å². The second kappa shape index (κ2) is 12.4. The lowest BCUT2D eigenvalue weighted by Crippen LogP contribution is -2.46. The first-order valence-electron chi connectivity index (χ1n) is 13.1. The average molecular weight is 587 g/mol. The van der Waals surface area contributed by atoms with Crippen molar-refractivity contribution in [1.29, 1.82) is 0 Å². The van der Waals surface area contributed by atoms with E-state index in [4.69, 9.17) is 4.74 Å². The van der Waals surface area contributed by atoms with E-state index in [0.717, 1.165) is 0 Å². The fraction of sp³-hybridized carbons (Fsp3) is 0.200. The summed E-state index contributed by atoms with van der Waals surface area (Å²) in [6, 6.07) is 18.0. The van der Waals surface area contributed by atoms with Gasteiger partial charge in [-0.1, -0.05) is 24.3 Å². The molecule has 0 spiro atoms. The van der Waals surface area contributed by atoms with Crippen LogP contribution in [0.1, 0.15) is 32.0 Å². The predicted octanol–water partition coefficient (Wildman–Crippen LogP) is 4.91. The van der Waals surface area contributed by atoms with Gasteiger partial charge in [0.15, 0.2) is 0 Å². The normalized spacial score (nSPS) is 11.3. The molecule has 2 aromatic carbocycles. The standard InChI is InChI=1S/C30H30N6O7/c1-29(2,3)43-28(42)35-24-14-9-19(16-31-24)15-30(25(37)38,26(39)40)23-17-36(18-32-23)22-12-10-21(11-13-22)34-27(41)33-20-7-5-4-6-8-20/h4-14,16-18H,15H2,1-3H3,(H,37,38)(H,39,40)(H,31,35,42)(H2,33,34,41). The van der Waals surface area contributed by atoms with Gasteiger partial charge in [0, 0.05) is 35.9 Å². The predicted molar refractivity (Wildman–Crippen MR) is 157 cm³/mol. The number of hydrogen-bond donors (Lipinski definition) is 5. The van der Waals surface area contributed by atoms with Gasteiger partial charge in [0.2, 0.25) is 5.41 Å². The number of carboxylic acids is 2. The number of urea groups is 1. The zero-order valence-electron chi connectivity index (χ0n) is 23.6. The second-order valence-electron chi connectivity index (χ2n) is 10.5. The number of benzene rings is 2. The van der Waals surface area contributed by atoms with Crippen molar-refractivity contribution in [3.05, 3.63) is 96.7 Å². The van der Waals surface area contributed by atoms with Crippen molar-refractivity contribution in [1.82, 2.24) is 14.5 Å². The molecular formula is C30H30N6O7. The summed E-state index contributed by atoms with van der Waals surface area (Å²) < 4.78 is 6.66. The minimum Gasteiger partial charge on any atom is -0.480 e. The van der Waals surface area contributed by atoms with Gasteiger partial charge in [0.1, 0.15) is 11.4 Å². The first-order chi connectivity index (χ1) is 20.4. The van der Waals surface area contributed by atoms with Gasteiger partial charge < -0.3 is 30.2 Å². The molecule has 43 heavy (non-hydrogen) atoms. The minimum atomic E-state index is -2.43. The highest BCUT2D eigenvalue weighted by molar-refractivity contribution is 6.04. The molecular weight excluding hydrogens is 556 g/mol. The summed E-state index contributed by atoms with van der Waals surface area (Å²) in [5.74, 6) is -3.07. The third kappa shape index (κ3) is 7.52. The van der Waals surface area contributed by atoms with Gasteiger partial charge in [0.25, 0.3) is 0 Å². The molecule has 4 rings (SSSR count). The fourth-order valence-electron chi connectivity index (χ4n) is 4.09. The number of amides is 3. The van der Waals surface area contributed by atoms with E-state index in [1.807, 2.05) is 6.07 Å². The van der Waals surface area contributed by atoms with E-state index in [1.165, 1.54) is 35.4 Å². The highest BCUT2D eigenvalue weighted by atomic mass is 16.6. The Hall–Kier alpha value is -5.72. The lowest BCUT2D eigenvalue weighted by Gasteiger charge is -2.23. The van der Waals surface area contributed by atoms with E-state index in [-0.39, 0.29) is 11.5 Å². The first kappa shape index (κ1) is 30.2. The van der Waals surface area contributed by atoms with Gasteiger partial charge in [-0.05, 0) is 68.8 Å². The minimum absolute atomic E-state index is 0.147. The molecule has 0 bridgehead atoms. The number of hydrogen-bond acceptors (Lipinski definition) is 7. The smallest absolute Gasteiger partial charge is 0.413 e. The molecule has 3 amide bonds. The molecule has 0 fully saturated rings. The third-order valence-electron chi connectivity index (χ3n) is 6.13. The molecule has 13 nitrogen and oxygen atoms in total. The topological polar surface area (TPSA) is 185 Å². The molecule has 0 aliphatic rings. The average Bonchev–Trinajstić information content (AvgIpc) is 3.42. The lowest BCUT2D eigenvalue weighted by molar-refractivity contribution is -0.157. The zero-order valence-corrected chi connectivity index (χ0v) is 23.6. The van der Waals surface area contributed by atoms with Crippen molar-refractivity contribution >= 4 is 41.3 Å². The molecule has 2 heterocycles. The number of imidazole rings is 1. The van der Waals surface area contributed by atoms with Crippen molar-refractivity contribution < 1.29 is 34.1 Å². The van der Waals surface area contributed by atoms with Crippen molar-refractivity contribution in [2.75, 3.05) is 16.0 Å². The Bertz CT molecular complexity index is 1600. The van der Waals surface area contributed by atoms with Crippen LogP contribution >= 0.6 is 0 Å². The monoisotopic (exact) mass is 586 g/mol. The number of aromatic nitrogens is 3. The van der Waals surface area contributed by atoms with E-state index in [0.29, 0.717) is 22.6 Å². The largest absolute Gasteiger partial charge is 0.480 e. The van der Waals surface area contributed by atoms with Crippen LogP contribution in [0.25, 0.3) is 5.69 Å². The molecule has 0 saturated carbocycles. The quantitative estimate of drug-likeness (QED) is 0.170. The van der Waals surface area contributed by atoms with Gasteiger partial charge in [-0.15, -0.1) is 0 Å². The number of rotatable bonds is 9. The Morgan fingerprint density at radius 1 is 0.814 bits per heavy atom. The van der Waals surface area contributed by atoms with Crippen LogP contribution in [0.15, 0.2) is 85.5 Å². The van der Waals surface area contributed by atoms with Gasteiger partial charge in [-0.25, -0.2) is 19.6 Å². The molecule has 2 aromatic heterocycles. The van der Waals surface area contributed by atoms with E-state index in [9.17, 15) is 29.4 Å². The number of ether oxygens (including phenoxy) is 1. The highest BCUT2D eigenvalue weighted by Gasteiger charge is 2.50. The van der Waals surface area contributed by atoms with Crippen LogP contribution in [0.5, 0.6) is 0 Å². The van der Waals surface area contributed by atoms with Gasteiger partial charge in [0.05, 0.1) is 12.0 Å². The van der Waals surface area contributed by atoms with E-state index in [2.05, 4.69) is 25.9 Å². The molecule has 13 heteroatoms. The molecule has 4 aromatic rings. The number of aliphatic carboxylic acids is 2. The lowest BCUT2D eigenvalue weighted by atomic mass is 9.79. The number of anilines is 3. The first-order valence-corrected chi connectivity index (χ1v) is 13.1. The summed E-state index contributed by atoms with van der Waals surface area (Å²) in [4.78, 5) is 57.4. The van der Waals surface area contributed by atoms with Crippen LogP contribution < -0.4 is 16.0 Å². The Morgan fingerprint density at radius 3 is 2.00 bits per heavy atom. The van der Waals surface area contributed by atoms with Crippen molar-refractivity contribution in [3.63, 3.8) is 0 Å². The van der Waals surface area contributed by atoms with E-state index in [1.54, 1.807) is 69.3 Å². The van der Waals surface area contributed by atoms with Crippen molar-refractivity contribution in [3.8, 4) is 5.69 Å². The Balaban J connectivity index is 1.49. The maximum atomic E-state index is 12.5. The van der Waals surface area contributed by atoms with Crippen molar-refractivity contribution in [2.24, 2.45) is 0 Å². The Kier molecular flexibility index (Phi) is 8.74. The molecule has 5 N–H and O–H groups in total. The number of para-hydroxylation sites is 1. The maximum absolute atomic E-state index is 12.5. The summed E-state index contributed by atoms with van der Waals surface area (Å²) in [6.07, 6.45) is 2.74. The van der Waals surface area contributed by atoms with Crippen molar-refractivity contribution in [2.45, 2.75) is 38.2 Å². The Morgan fingerprint density at radius 2 is 1.44 bits per heavy atom. The summed E-state index contributed by atoms with van der Waals surface area (Å²) in [7, 11) is 0. The number of nitrogens with zero attached hydrogens (tertiary/aromatic N) is 3. The van der Waals surface area contributed by atoms with Gasteiger partial charge in [-0.2, -0.15) is 0 Å². The number of carbonyl (C=O) groups is 4. The third-order valence-corrected chi connectivity index (χ3v) is 6.13. The van der Waals surface area contributed by atoms with Crippen LogP contribution in [0.4, 0.5) is 26.8 Å². The van der Waals surface area contributed by atoms with Crippen LogP contribution in [0.3, 0.4) is 0 Å². The SMILES string of the molecule is CC(C)(C)OC(=O)Nc1ccc(CC(C(=O)O)(C(=O)O)c2cn(-c3ccc(NC(=O)Nc4ccccc4)cc3)cn2)cn1. The molecule has 222 valence electrons.